The molecular weight excluding hydrogens is 1570 g/mol. The van der Waals surface area contributed by atoms with Crippen molar-refractivity contribution in [3.8, 4) is 0 Å². The third kappa shape index (κ3) is 26.6. The first-order valence-corrected chi connectivity index (χ1v) is 42.2. The number of carbonyl (C=O) groups is 1. The van der Waals surface area contributed by atoms with Crippen LogP contribution in [0.1, 0.15) is 75.9 Å². The SMILES string of the molecule is CC(=O)N[C@H]1[C@H](O[C@H]2[C@@H](OCc3ccccc3)[C@@H](COCc3ccccc3)O[C@@H](OCCCN=[N+]=[N-])[C@@H]2OCc2ccccc2)O[C@H](COCc2ccccc2)[C@@H](O)[C@@H]1O[C@@H]1O[C@H](COCc2ccccc2)[C@H](OCc2ccccc2)[C@H](OCc2ccccc2)[C@H]1O[C@@H]1O[C@@H](C)[C@H](OCc2ccccc2)[C@@H](OCc2ccccc2)[C@H]1OCc1ccccc1. The van der Waals surface area contributed by atoms with Gasteiger partial charge < -0.3 is 95.7 Å². The molecule has 24 nitrogen and oxygen atoms in total. The van der Waals surface area contributed by atoms with Crippen molar-refractivity contribution in [1.29, 1.82) is 0 Å². The Hall–Kier alpha value is -9.78. The third-order valence-electron chi connectivity index (χ3n) is 21.8. The zero-order chi connectivity index (χ0) is 84.4. The van der Waals surface area contributed by atoms with Gasteiger partial charge in [0.25, 0.3) is 0 Å². The third-order valence-corrected chi connectivity index (χ3v) is 21.8. The van der Waals surface area contributed by atoms with E-state index in [0.29, 0.717) is 6.42 Å². The van der Waals surface area contributed by atoms with Crippen LogP contribution in [0.5, 0.6) is 0 Å². The molecule has 2 N–H and O–H groups in total. The smallest absolute Gasteiger partial charge is 0.217 e. The van der Waals surface area contributed by atoms with E-state index in [2.05, 4.69) is 15.3 Å². The number of carbonyl (C=O) groups excluding carboxylic acids is 1. The summed E-state index contributed by atoms with van der Waals surface area (Å²) in [7, 11) is 0. The van der Waals surface area contributed by atoms with Gasteiger partial charge in [-0.25, -0.2) is 0 Å². The van der Waals surface area contributed by atoms with E-state index in [-0.39, 0.29) is 99.0 Å². The number of ether oxygens (including phenoxy) is 18. The first kappa shape index (κ1) is 89.5. The summed E-state index contributed by atoms with van der Waals surface area (Å²) in [6.07, 6.45) is -22.8. The summed E-state index contributed by atoms with van der Waals surface area (Å²) in [5, 5.41) is 20.8. The zero-order valence-corrected chi connectivity index (χ0v) is 69.3. The van der Waals surface area contributed by atoms with Gasteiger partial charge in [0.2, 0.25) is 5.91 Å². The highest BCUT2D eigenvalue weighted by Crippen LogP contribution is 2.41. The van der Waals surface area contributed by atoms with E-state index in [1.54, 1.807) is 0 Å². The van der Waals surface area contributed by atoms with Gasteiger partial charge >= 0.3 is 0 Å². The summed E-state index contributed by atoms with van der Waals surface area (Å²) in [4.78, 5) is 17.7. The lowest BCUT2D eigenvalue weighted by Gasteiger charge is -2.52. The summed E-state index contributed by atoms with van der Waals surface area (Å²) in [5.41, 5.74) is 18.0. The van der Waals surface area contributed by atoms with Gasteiger partial charge in [0.1, 0.15) is 91.5 Å². The molecule has 4 saturated heterocycles. The molecule has 0 spiro atoms. The topological polar surface area (TPSA) is 264 Å². The van der Waals surface area contributed by atoms with Gasteiger partial charge in [-0.2, -0.15) is 0 Å². The second kappa shape index (κ2) is 47.9. The van der Waals surface area contributed by atoms with Gasteiger partial charge in [-0.15, -0.1) is 0 Å². The fourth-order valence-corrected chi connectivity index (χ4v) is 15.5. The molecule has 646 valence electrons. The highest BCUT2D eigenvalue weighted by Gasteiger charge is 2.59. The Balaban J connectivity index is 0.911. The molecule has 10 aromatic carbocycles. The molecule has 1 amide bonds. The van der Waals surface area contributed by atoms with Crippen LogP contribution in [0.15, 0.2) is 308 Å². The largest absolute Gasteiger partial charge is 0.388 e. The van der Waals surface area contributed by atoms with E-state index >= 15 is 0 Å². The van der Waals surface area contributed by atoms with Gasteiger partial charge in [-0.05, 0) is 74.5 Å². The number of aliphatic hydroxyl groups excluding tert-OH is 1. The highest BCUT2D eigenvalue weighted by atomic mass is 16.8. The molecular formula is C99H110N4O20. The van der Waals surface area contributed by atoms with Gasteiger partial charge in [-0.1, -0.05) is 308 Å². The van der Waals surface area contributed by atoms with Crippen molar-refractivity contribution in [1.82, 2.24) is 5.32 Å². The maximum atomic E-state index is 14.7. The molecule has 0 bridgehead atoms. The lowest BCUT2D eigenvalue weighted by molar-refractivity contribution is -0.397. The number of azide groups is 1. The van der Waals surface area contributed by atoms with Crippen LogP contribution >= 0.6 is 0 Å². The standard InChI is InChI=1S/C99H110N4O20/c1-69-86(110-59-74-40-19-6-20-41-74)90(113-62-77-46-25-9-26-47-77)93(115-64-79-50-29-11-30-51-79)98(117-69)123-95-91(114-63-78-48-27-10-28-49-78)87(111-60-75-42-21-7-22-43-75)82(67-107-57-72-36-15-4-16-37-72)120-99(95)121-89-84(102-70(2)104)96(118-81(85(89)105)66-106-56-71-34-13-3-14-35-71)122-92-88(112-61-76-44-23-8-24-45-76)83(68-108-58-73-38-17-5-18-39-73)119-97(109-55-33-54-101-103-100)94(92)116-65-80-52-31-12-32-53-80/h3-32,34-53,69,81-99,105H,33,54-68H2,1-2H3,(H,102,104)/t69-,81+,82+,83+,84+,85+,86-,87-,88-,89+,90+,91-,92-,93+,94+,95+,96-,97+,98-,99-/m0/s1. The lowest BCUT2D eigenvalue weighted by atomic mass is 9.93. The van der Waals surface area contributed by atoms with Crippen molar-refractivity contribution in [2.75, 3.05) is 33.0 Å². The van der Waals surface area contributed by atoms with Crippen LogP contribution in [0.3, 0.4) is 0 Å². The fourth-order valence-electron chi connectivity index (χ4n) is 15.5. The fraction of sp³-hybridized carbons (Fsp3) is 0.384. The molecule has 10 aromatic rings. The predicted octanol–water partition coefficient (Wildman–Crippen LogP) is 15.4. The van der Waals surface area contributed by atoms with Crippen molar-refractivity contribution >= 4 is 5.91 Å². The maximum Gasteiger partial charge on any atom is 0.217 e. The predicted molar refractivity (Wildman–Crippen MR) is 457 cm³/mol. The molecule has 14 rings (SSSR count). The minimum absolute atomic E-state index is 0.0169. The Labute approximate surface area is 719 Å². The number of rotatable bonds is 45. The minimum Gasteiger partial charge on any atom is -0.388 e. The van der Waals surface area contributed by atoms with Gasteiger partial charge in [0, 0.05) is 25.0 Å². The number of nitrogens with zero attached hydrogens (tertiary/aromatic N) is 3. The van der Waals surface area contributed by atoms with Gasteiger partial charge in [0.05, 0.1) is 92.0 Å². The van der Waals surface area contributed by atoms with Gasteiger partial charge in [-0.3, -0.25) is 4.79 Å². The first-order chi connectivity index (χ1) is 60.6. The van der Waals surface area contributed by atoms with E-state index in [4.69, 9.17) is 85.3 Å². The van der Waals surface area contributed by atoms with Crippen LogP contribution in [0.2, 0.25) is 0 Å². The van der Waals surface area contributed by atoms with Crippen molar-refractivity contribution < 1.29 is 95.2 Å². The van der Waals surface area contributed by atoms with Crippen LogP contribution in [0, 0.1) is 0 Å². The van der Waals surface area contributed by atoms with Crippen LogP contribution in [-0.4, -0.2) is 167 Å². The van der Waals surface area contributed by atoms with Crippen molar-refractivity contribution in [3.63, 3.8) is 0 Å². The van der Waals surface area contributed by atoms with Crippen LogP contribution in [0.4, 0.5) is 0 Å². The van der Waals surface area contributed by atoms with Crippen LogP contribution in [-0.2, 0) is 156 Å². The Kier molecular flexibility index (Phi) is 34.9. The summed E-state index contributed by atoms with van der Waals surface area (Å²) < 4.78 is 130. The molecule has 4 aliphatic rings. The van der Waals surface area contributed by atoms with E-state index < -0.39 is 129 Å². The van der Waals surface area contributed by atoms with Crippen molar-refractivity contribution in [3.05, 3.63) is 369 Å². The zero-order valence-electron chi connectivity index (χ0n) is 69.3. The molecule has 123 heavy (non-hydrogen) atoms. The molecule has 0 saturated carbocycles. The Morgan fingerprint density at radius 2 is 0.618 bits per heavy atom. The molecule has 20 atom stereocenters. The van der Waals surface area contributed by atoms with Crippen LogP contribution < -0.4 is 5.32 Å². The highest BCUT2D eigenvalue weighted by molar-refractivity contribution is 5.73. The molecule has 0 aliphatic carbocycles. The van der Waals surface area contributed by atoms with Crippen molar-refractivity contribution in [2.45, 2.75) is 209 Å². The average Bonchev–Trinajstić information content (AvgIpc) is 0.756. The summed E-state index contributed by atoms with van der Waals surface area (Å²) in [5.74, 6) is -0.553. The monoisotopic (exact) mass is 1670 g/mol. The maximum absolute atomic E-state index is 14.7. The second-order valence-electron chi connectivity index (χ2n) is 30.9. The molecule has 4 heterocycles. The van der Waals surface area contributed by atoms with Gasteiger partial charge in [0.15, 0.2) is 25.2 Å². The number of nitrogens with one attached hydrogen (secondary N) is 1. The number of amides is 1. The lowest BCUT2D eigenvalue weighted by Crippen LogP contribution is -2.71. The number of hydrogen-bond acceptors (Lipinski definition) is 21. The summed E-state index contributed by atoms with van der Waals surface area (Å²) in [6, 6.07) is 96.2. The normalized spacial score (nSPS) is 26.4. The Morgan fingerprint density at radius 1 is 0.333 bits per heavy atom. The summed E-state index contributed by atoms with van der Waals surface area (Å²) >= 11 is 0. The van der Waals surface area contributed by atoms with E-state index in [1.807, 2.05) is 310 Å². The minimum atomic E-state index is -1.69. The molecule has 0 unspecified atom stereocenters. The number of hydrogen-bond donors (Lipinski definition) is 2. The second-order valence-corrected chi connectivity index (χ2v) is 30.9. The number of aliphatic hydroxyl groups is 1. The molecule has 4 aliphatic heterocycles. The van der Waals surface area contributed by atoms with E-state index in [1.165, 1.54) is 6.92 Å². The molecule has 0 aromatic heterocycles. The summed E-state index contributed by atoms with van der Waals surface area (Å²) in [6.45, 7) is 4.14. The molecule has 0 radical (unpaired) electrons. The average molecular weight is 1680 g/mol. The van der Waals surface area contributed by atoms with E-state index in [0.717, 1.165) is 55.6 Å². The number of benzene rings is 10. The molecule has 4 fully saturated rings. The van der Waals surface area contributed by atoms with E-state index in [9.17, 15) is 15.4 Å². The van der Waals surface area contributed by atoms with Crippen molar-refractivity contribution in [2.24, 2.45) is 5.11 Å². The Morgan fingerprint density at radius 3 is 0.992 bits per heavy atom. The Bertz CT molecular complexity index is 4670. The molecule has 24 heteroatoms. The quantitative estimate of drug-likeness (QED) is 0.0155. The first-order valence-electron chi connectivity index (χ1n) is 42.2. The van der Waals surface area contributed by atoms with Crippen LogP contribution in [0.25, 0.3) is 10.4 Å².